The maximum Gasteiger partial charge on any atom is 0.308 e. The molecule has 0 aliphatic rings. The van der Waals surface area contributed by atoms with Gasteiger partial charge < -0.3 is 4.74 Å². The lowest BCUT2D eigenvalue weighted by molar-refractivity contribution is -0.144. The Bertz CT molecular complexity index is 673. The molecule has 0 aliphatic carbocycles. The molecule has 0 aromatic heterocycles. The SMILES string of the molecule is CCc1ccc2cc(C(=O)CC(C)C(=O)OC)ccc2c1. The van der Waals surface area contributed by atoms with E-state index in [1.54, 1.807) is 6.92 Å². The number of hydrogen-bond donors (Lipinski definition) is 0. The van der Waals surface area contributed by atoms with E-state index >= 15 is 0 Å². The van der Waals surface area contributed by atoms with Gasteiger partial charge in [0.15, 0.2) is 5.78 Å². The second-order valence-corrected chi connectivity index (χ2v) is 5.30. The molecule has 0 spiro atoms. The minimum absolute atomic E-state index is 0.0330. The monoisotopic (exact) mass is 284 g/mol. The minimum atomic E-state index is -0.416. The Kier molecular flexibility index (Phi) is 4.73. The quantitative estimate of drug-likeness (QED) is 0.620. The first-order valence-corrected chi connectivity index (χ1v) is 7.19. The van der Waals surface area contributed by atoms with Crippen LogP contribution in [0.4, 0.5) is 0 Å². The predicted molar refractivity (Wildman–Crippen MR) is 83.5 cm³/mol. The number of carbonyl (C=O) groups excluding carboxylic acids is 2. The molecular weight excluding hydrogens is 264 g/mol. The number of aryl methyl sites for hydroxylation is 1. The van der Waals surface area contributed by atoms with Crippen LogP contribution >= 0.6 is 0 Å². The van der Waals surface area contributed by atoms with Crippen molar-refractivity contribution in [2.24, 2.45) is 5.92 Å². The van der Waals surface area contributed by atoms with Crippen molar-refractivity contribution in [3.8, 4) is 0 Å². The van der Waals surface area contributed by atoms with Crippen LogP contribution in [0.1, 0.15) is 36.2 Å². The van der Waals surface area contributed by atoms with Gasteiger partial charge in [-0.2, -0.15) is 0 Å². The molecule has 0 saturated heterocycles. The molecule has 0 aliphatic heterocycles. The molecule has 3 heteroatoms. The van der Waals surface area contributed by atoms with Crippen molar-refractivity contribution in [2.45, 2.75) is 26.7 Å². The number of rotatable bonds is 5. The van der Waals surface area contributed by atoms with E-state index in [9.17, 15) is 9.59 Å². The number of carbonyl (C=O) groups is 2. The highest BCUT2D eigenvalue weighted by atomic mass is 16.5. The lowest BCUT2D eigenvalue weighted by Crippen LogP contribution is -2.16. The Morgan fingerprint density at radius 2 is 1.76 bits per heavy atom. The van der Waals surface area contributed by atoms with E-state index in [4.69, 9.17) is 0 Å². The summed E-state index contributed by atoms with van der Waals surface area (Å²) in [7, 11) is 1.34. The van der Waals surface area contributed by atoms with Crippen LogP contribution in [-0.2, 0) is 16.0 Å². The fourth-order valence-corrected chi connectivity index (χ4v) is 2.37. The average molecular weight is 284 g/mol. The third-order valence-electron chi connectivity index (χ3n) is 3.73. The number of esters is 1. The standard InChI is InChI=1S/C18H20O3/c1-4-13-5-6-15-11-16(8-7-14(15)10-13)17(19)9-12(2)18(20)21-3/h5-8,10-12H,4,9H2,1-3H3. The van der Waals surface area contributed by atoms with Crippen molar-refractivity contribution in [1.29, 1.82) is 0 Å². The minimum Gasteiger partial charge on any atom is -0.469 e. The van der Waals surface area contributed by atoms with Gasteiger partial charge in [0, 0.05) is 12.0 Å². The van der Waals surface area contributed by atoms with Crippen LogP contribution in [0.15, 0.2) is 36.4 Å². The van der Waals surface area contributed by atoms with Gasteiger partial charge in [0.2, 0.25) is 0 Å². The molecule has 1 atom stereocenters. The van der Waals surface area contributed by atoms with Gasteiger partial charge in [0.1, 0.15) is 0 Å². The normalized spacial score (nSPS) is 12.1. The van der Waals surface area contributed by atoms with E-state index in [0.717, 1.165) is 17.2 Å². The molecule has 0 fully saturated rings. The molecule has 2 aromatic rings. The summed E-state index contributed by atoms with van der Waals surface area (Å²) < 4.78 is 4.65. The molecule has 0 radical (unpaired) electrons. The van der Waals surface area contributed by atoms with E-state index in [0.29, 0.717) is 5.56 Å². The van der Waals surface area contributed by atoms with Crippen LogP contribution in [0.25, 0.3) is 10.8 Å². The summed E-state index contributed by atoms with van der Waals surface area (Å²) in [6.45, 7) is 3.82. The number of benzene rings is 2. The van der Waals surface area contributed by atoms with Crippen molar-refractivity contribution in [2.75, 3.05) is 7.11 Å². The largest absolute Gasteiger partial charge is 0.469 e. The molecule has 0 N–H and O–H groups in total. The number of Topliss-reactive ketones (excluding diaryl/α,β-unsaturated/α-hetero) is 1. The molecule has 1 unspecified atom stereocenters. The van der Waals surface area contributed by atoms with Crippen molar-refractivity contribution >= 4 is 22.5 Å². The van der Waals surface area contributed by atoms with Crippen LogP contribution in [0, 0.1) is 5.92 Å². The third kappa shape index (κ3) is 3.48. The summed E-state index contributed by atoms with van der Waals surface area (Å²) in [5.74, 6) is -0.799. The van der Waals surface area contributed by atoms with Crippen LogP contribution in [0.3, 0.4) is 0 Å². The van der Waals surface area contributed by atoms with E-state index in [1.807, 2.05) is 24.3 Å². The van der Waals surface area contributed by atoms with Crippen LogP contribution in [0.2, 0.25) is 0 Å². The maximum absolute atomic E-state index is 12.2. The molecule has 3 nitrogen and oxygen atoms in total. The molecule has 0 amide bonds. The van der Waals surface area contributed by atoms with Gasteiger partial charge in [0.25, 0.3) is 0 Å². The number of methoxy groups -OCH3 is 1. The first kappa shape index (κ1) is 15.2. The topological polar surface area (TPSA) is 43.4 Å². The van der Waals surface area contributed by atoms with Gasteiger partial charge in [-0.25, -0.2) is 0 Å². The van der Waals surface area contributed by atoms with Crippen LogP contribution in [0.5, 0.6) is 0 Å². The van der Waals surface area contributed by atoms with E-state index in [1.165, 1.54) is 12.7 Å². The van der Waals surface area contributed by atoms with Crippen LogP contribution in [-0.4, -0.2) is 18.9 Å². The Morgan fingerprint density at radius 1 is 1.10 bits per heavy atom. The van der Waals surface area contributed by atoms with Crippen molar-refractivity contribution < 1.29 is 14.3 Å². The van der Waals surface area contributed by atoms with Gasteiger partial charge >= 0.3 is 5.97 Å². The highest BCUT2D eigenvalue weighted by Gasteiger charge is 2.18. The van der Waals surface area contributed by atoms with E-state index in [2.05, 4.69) is 23.8 Å². The summed E-state index contributed by atoms with van der Waals surface area (Å²) in [5.41, 5.74) is 1.92. The maximum atomic E-state index is 12.2. The fraction of sp³-hybridized carbons (Fsp3) is 0.333. The first-order valence-electron chi connectivity index (χ1n) is 7.19. The Labute approximate surface area is 124 Å². The number of fused-ring (bicyclic) bond motifs is 1. The second kappa shape index (κ2) is 6.53. The zero-order chi connectivity index (χ0) is 15.4. The highest BCUT2D eigenvalue weighted by molar-refractivity contribution is 6.01. The molecule has 110 valence electrons. The lowest BCUT2D eigenvalue weighted by atomic mass is 9.97. The number of hydrogen-bond acceptors (Lipinski definition) is 3. The summed E-state index contributed by atoms with van der Waals surface area (Å²) in [6, 6.07) is 11.9. The Hall–Kier alpha value is -2.16. The summed E-state index contributed by atoms with van der Waals surface area (Å²) in [6.07, 6.45) is 1.17. The fourth-order valence-electron chi connectivity index (χ4n) is 2.37. The van der Waals surface area contributed by atoms with E-state index in [-0.39, 0.29) is 18.2 Å². The van der Waals surface area contributed by atoms with Gasteiger partial charge in [0.05, 0.1) is 13.0 Å². The molecular formula is C18H20O3. The number of ketones is 1. The van der Waals surface area contributed by atoms with Gasteiger partial charge in [-0.1, -0.05) is 44.2 Å². The molecule has 2 aromatic carbocycles. The second-order valence-electron chi connectivity index (χ2n) is 5.30. The van der Waals surface area contributed by atoms with Crippen molar-refractivity contribution in [1.82, 2.24) is 0 Å². The van der Waals surface area contributed by atoms with Crippen molar-refractivity contribution in [3.05, 3.63) is 47.5 Å². The Morgan fingerprint density at radius 3 is 2.43 bits per heavy atom. The highest BCUT2D eigenvalue weighted by Crippen LogP contribution is 2.20. The van der Waals surface area contributed by atoms with E-state index < -0.39 is 5.92 Å². The molecule has 0 bridgehead atoms. The smallest absolute Gasteiger partial charge is 0.308 e. The zero-order valence-corrected chi connectivity index (χ0v) is 12.7. The van der Waals surface area contributed by atoms with Crippen molar-refractivity contribution in [3.63, 3.8) is 0 Å². The lowest BCUT2D eigenvalue weighted by Gasteiger charge is -2.09. The predicted octanol–water partition coefficient (Wildman–Crippen LogP) is 3.78. The molecule has 0 heterocycles. The van der Waals surface area contributed by atoms with Crippen LogP contribution < -0.4 is 0 Å². The Balaban J connectivity index is 2.22. The number of ether oxygens (including phenoxy) is 1. The summed E-state index contributed by atoms with van der Waals surface area (Å²) in [5, 5.41) is 2.18. The summed E-state index contributed by atoms with van der Waals surface area (Å²) >= 11 is 0. The summed E-state index contributed by atoms with van der Waals surface area (Å²) in [4.78, 5) is 23.6. The van der Waals surface area contributed by atoms with Gasteiger partial charge in [-0.05, 0) is 28.8 Å². The zero-order valence-electron chi connectivity index (χ0n) is 12.7. The molecule has 2 rings (SSSR count). The average Bonchev–Trinajstić information content (AvgIpc) is 2.52. The molecule has 21 heavy (non-hydrogen) atoms. The first-order chi connectivity index (χ1) is 10.0. The van der Waals surface area contributed by atoms with Gasteiger partial charge in [-0.15, -0.1) is 0 Å². The van der Waals surface area contributed by atoms with Gasteiger partial charge in [-0.3, -0.25) is 9.59 Å². The molecule has 0 saturated carbocycles. The third-order valence-corrected chi connectivity index (χ3v) is 3.73.